The number of amides is 2. The van der Waals surface area contributed by atoms with Crippen LogP contribution >= 0.6 is 0 Å². The van der Waals surface area contributed by atoms with E-state index in [1.54, 1.807) is 54.8 Å². The van der Waals surface area contributed by atoms with E-state index in [1.807, 2.05) is 6.07 Å². The number of hydrogen-bond acceptors (Lipinski definition) is 5. The summed E-state index contributed by atoms with van der Waals surface area (Å²) >= 11 is 0. The Labute approximate surface area is 185 Å². The molecule has 0 fully saturated rings. The highest BCUT2D eigenvalue weighted by molar-refractivity contribution is 6.05. The van der Waals surface area contributed by atoms with E-state index < -0.39 is 0 Å². The fraction of sp³-hybridized carbons (Fsp3) is 0.208. The van der Waals surface area contributed by atoms with Gasteiger partial charge in [-0.3, -0.25) is 14.4 Å². The average molecular weight is 435 g/mol. The van der Waals surface area contributed by atoms with Gasteiger partial charge in [-0.1, -0.05) is 18.2 Å². The van der Waals surface area contributed by atoms with Gasteiger partial charge in [0.05, 0.1) is 25.6 Å². The summed E-state index contributed by atoms with van der Waals surface area (Å²) in [6.45, 7) is 3.57. The zero-order valence-corrected chi connectivity index (χ0v) is 18.4. The monoisotopic (exact) mass is 435 g/mol. The summed E-state index contributed by atoms with van der Waals surface area (Å²) in [6, 6.07) is 14.9. The maximum absolute atomic E-state index is 12.7. The van der Waals surface area contributed by atoms with Gasteiger partial charge in [-0.25, -0.2) is 0 Å². The molecule has 2 aromatic carbocycles. The number of rotatable bonds is 7. The number of hydrogen-bond donors (Lipinski definition) is 2. The van der Waals surface area contributed by atoms with Gasteiger partial charge in [-0.15, -0.1) is 0 Å². The Morgan fingerprint density at radius 1 is 0.844 bits per heavy atom. The summed E-state index contributed by atoms with van der Waals surface area (Å²) in [4.78, 5) is 36.9. The minimum Gasteiger partial charge on any atom is -0.494 e. The van der Waals surface area contributed by atoms with Crippen LogP contribution in [0.5, 0.6) is 11.5 Å². The molecule has 0 aliphatic carbocycles. The minimum atomic E-state index is -0.304. The number of nitrogens with one attached hydrogen (secondary N) is 2. The van der Waals surface area contributed by atoms with Crippen molar-refractivity contribution in [3.05, 3.63) is 81.8 Å². The minimum absolute atomic E-state index is 0.0237. The largest absolute Gasteiger partial charge is 0.494 e. The van der Waals surface area contributed by atoms with Crippen LogP contribution in [0.25, 0.3) is 0 Å². The Hall–Kier alpha value is -4.07. The lowest BCUT2D eigenvalue weighted by molar-refractivity contribution is -0.116. The predicted octanol–water partition coefficient (Wildman–Crippen LogP) is 3.37. The molecule has 3 rings (SSSR count). The van der Waals surface area contributed by atoms with Gasteiger partial charge in [0.25, 0.3) is 5.91 Å². The Balaban J connectivity index is 1.83. The fourth-order valence-corrected chi connectivity index (χ4v) is 3.35. The molecule has 0 spiro atoms. The van der Waals surface area contributed by atoms with Crippen molar-refractivity contribution in [3.63, 3.8) is 0 Å². The standard InChI is InChI=1S/C24H25N3O5/c1-15-10-18(28)11-16(2)27(15)14-23(29)25-19-12-22(32-4)20(13-21(19)31-3)26-24(30)17-8-6-5-7-9-17/h5-13H,14H2,1-4H3,(H,25,29)(H,26,30). The van der Waals surface area contributed by atoms with E-state index >= 15 is 0 Å². The molecule has 0 radical (unpaired) electrons. The predicted molar refractivity (Wildman–Crippen MR) is 123 cm³/mol. The molecular formula is C24H25N3O5. The topological polar surface area (TPSA) is 98.7 Å². The molecule has 2 amide bonds. The summed E-state index contributed by atoms with van der Waals surface area (Å²) in [5, 5.41) is 5.61. The van der Waals surface area contributed by atoms with Crippen LogP contribution in [0.4, 0.5) is 11.4 Å². The van der Waals surface area contributed by atoms with Crippen molar-refractivity contribution >= 4 is 23.2 Å². The Morgan fingerprint density at radius 3 is 1.91 bits per heavy atom. The normalized spacial score (nSPS) is 10.4. The zero-order chi connectivity index (χ0) is 23.3. The van der Waals surface area contributed by atoms with E-state index in [2.05, 4.69) is 10.6 Å². The number of pyridine rings is 1. The molecule has 8 heteroatoms. The number of benzene rings is 2. The third kappa shape index (κ3) is 5.15. The lowest BCUT2D eigenvalue weighted by Gasteiger charge is -2.18. The summed E-state index contributed by atoms with van der Waals surface area (Å²) in [7, 11) is 2.94. The van der Waals surface area contributed by atoms with Gasteiger partial charge in [-0.2, -0.15) is 0 Å². The molecule has 166 valence electrons. The number of anilines is 2. The van der Waals surface area contributed by atoms with Gasteiger partial charge < -0.3 is 24.7 Å². The van der Waals surface area contributed by atoms with Crippen LogP contribution in [0, 0.1) is 13.8 Å². The van der Waals surface area contributed by atoms with Gasteiger partial charge in [0.1, 0.15) is 18.0 Å². The second-order valence-corrected chi connectivity index (χ2v) is 7.18. The Kier molecular flexibility index (Phi) is 6.94. The van der Waals surface area contributed by atoms with Gasteiger partial charge in [-0.05, 0) is 26.0 Å². The maximum Gasteiger partial charge on any atom is 0.255 e. The number of aromatic nitrogens is 1. The highest BCUT2D eigenvalue weighted by Gasteiger charge is 2.17. The third-order valence-electron chi connectivity index (χ3n) is 4.94. The lowest BCUT2D eigenvalue weighted by atomic mass is 10.2. The second-order valence-electron chi connectivity index (χ2n) is 7.18. The maximum atomic E-state index is 12.7. The number of carbonyl (C=O) groups is 2. The van der Waals surface area contributed by atoms with Crippen molar-refractivity contribution in [2.24, 2.45) is 0 Å². The molecule has 1 heterocycles. The first-order chi connectivity index (χ1) is 15.3. The van der Waals surface area contributed by atoms with E-state index in [4.69, 9.17) is 9.47 Å². The fourth-order valence-electron chi connectivity index (χ4n) is 3.35. The molecule has 1 aromatic heterocycles. The summed E-state index contributed by atoms with van der Waals surface area (Å²) in [6.07, 6.45) is 0. The highest BCUT2D eigenvalue weighted by Crippen LogP contribution is 2.36. The van der Waals surface area contributed by atoms with Gasteiger partial charge in [0.15, 0.2) is 5.43 Å². The van der Waals surface area contributed by atoms with E-state index in [-0.39, 0.29) is 23.8 Å². The molecule has 2 N–H and O–H groups in total. The summed E-state index contributed by atoms with van der Waals surface area (Å²) < 4.78 is 12.6. The second kappa shape index (κ2) is 9.82. The van der Waals surface area contributed by atoms with Crippen LogP contribution < -0.4 is 25.5 Å². The van der Waals surface area contributed by atoms with Crippen LogP contribution in [0.2, 0.25) is 0 Å². The van der Waals surface area contributed by atoms with Gasteiger partial charge in [0.2, 0.25) is 5.91 Å². The molecule has 3 aromatic rings. The van der Waals surface area contributed by atoms with Crippen LogP contribution in [0.15, 0.2) is 59.4 Å². The van der Waals surface area contributed by atoms with E-state index in [0.29, 0.717) is 39.8 Å². The number of nitrogens with zero attached hydrogens (tertiary/aromatic N) is 1. The molecule has 0 saturated carbocycles. The molecule has 0 bridgehead atoms. The van der Waals surface area contributed by atoms with E-state index in [1.165, 1.54) is 26.4 Å². The quantitative estimate of drug-likeness (QED) is 0.593. The van der Waals surface area contributed by atoms with Crippen molar-refractivity contribution < 1.29 is 19.1 Å². The van der Waals surface area contributed by atoms with Crippen LogP contribution in [-0.4, -0.2) is 30.6 Å². The van der Waals surface area contributed by atoms with Crippen molar-refractivity contribution in [1.29, 1.82) is 0 Å². The van der Waals surface area contributed by atoms with Gasteiger partial charge in [0, 0.05) is 41.2 Å². The number of aryl methyl sites for hydroxylation is 2. The van der Waals surface area contributed by atoms with Crippen LogP contribution in [0.3, 0.4) is 0 Å². The first-order valence-electron chi connectivity index (χ1n) is 9.92. The number of ether oxygens (including phenoxy) is 2. The van der Waals surface area contributed by atoms with Gasteiger partial charge >= 0.3 is 0 Å². The third-order valence-corrected chi connectivity index (χ3v) is 4.94. The Bertz CT molecular complexity index is 1180. The van der Waals surface area contributed by atoms with E-state index in [9.17, 15) is 14.4 Å². The average Bonchev–Trinajstić information content (AvgIpc) is 2.77. The van der Waals surface area contributed by atoms with E-state index in [0.717, 1.165) is 0 Å². The summed E-state index contributed by atoms with van der Waals surface area (Å²) in [5.74, 6) is 0.116. The molecule has 0 aliphatic heterocycles. The van der Waals surface area contributed by atoms with Crippen LogP contribution in [0.1, 0.15) is 21.7 Å². The Morgan fingerprint density at radius 2 is 1.38 bits per heavy atom. The molecular weight excluding hydrogens is 410 g/mol. The molecule has 0 unspecified atom stereocenters. The van der Waals surface area contributed by atoms with Crippen molar-refractivity contribution in [3.8, 4) is 11.5 Å². The van der Waals surface area contributed by atoms with Crippen LogP contribution in [-0.2, 0) is 11.3 Å². The first-order valence-corrected chi connectivity index (χ1v) is 9.92. The highest BCUT2D eigenvalue weighted by atomic mass is 16.5. The zero-order valence-electron chi connectivity index (χ0n) is 18.4. The summed E-state index contributed by atoms with van der Waals surface area (Å²) in [5.41, 5.74) is 2.57. The number of carbonyl (C=O) groups excluding carboxylic acids is 2. The van der Waals surface area contributed by atoms with Crippen molar-refractivity contribution in [2.75, 3.05) is 24.9 Å². The molecule has 32 heavy (non-hydrogen) atoms. The smallest absolute Gasteiger partial charge is 0.255 e. The molecule has 0 aliphatic rings. The molecule has 8 nitrogen and oxygen atoms in total. The molecule has 0 saturated heterocycles. The van der Waals surface area contributed by atoms with Crippen molar-refractivity contribution in [2.45, 2.75) is 20.4 Å². The molecule has 0 atom stereocenters. The SMILES string of the molecule is COc1cc(NC(=O)c2ccccc2)c(OC)cc1NC(=O)Cn1c(C)cc(=O)cc1C. The first kappa shape index (κ1) is 22.6. The number of methoxy groups -OCH3 is 2. The van der Waals surface area contributed by atoms with Crippen molar-refractivity contribution in [1.82, 2.24) is 4.57 Å². The lowest BCUT2D eigenvalue weighted by Crippen LogP contribution is -2.23.